The Balaban J connectivity index is 2.50. The maximum Gasteiger partial charge on any atom is 0.269 e. The van der Waals surface area contributed by atoms with E-state index in [0.29, 0.717) is 0 Å². The summed E-state index contributed by atoms with van der Waals surface area (Å²) in [4.78, 5) is 11.2. The van der Waals surface area contributed by atoms with Crippen LogP contribution in [-0.2, 0) is 11.2 Å². The van der Waals surface area contributed by atoms with Crippen LogP contribution < -0.4 is 5.56 Å². The molecule has 0 aliphatic carbocycles. The molecule has 0 unspecified atom stereocenters. The minimum atomic E-state index is -0.0845. The monoisotopic (exact) mass is 168 g/mol. The zero-order valence-electron chi connectivity index (χ0n) is 7.18. The molecule has 1 aliphatic heterocycles. The number of aromatic amines is 2. The SMILES string of the molecule is C[C@@H]1Cc2[nH][nH]c(=O)c2[C@H](C)O1. The van der Waals surface area contributed by atoms with Crippen LogP contribution in [0.5, 0.6) is 0 Å². The van der Waals surface area contributed by atoms with Gasteiger partial charge in [-0.15, -0.1) is 0 Å². The zero-order chi connectivity index (χ0) is 8.72. The molecular weight excluding hydrogens is 156 g/mol. The van der Waals surface area contributed by atoms with Gasteiger partial charge in [0.15, 0.2) is 0 Å². The number of rotatable bonds is 0. The lowest BCUT2D eigenvalue weighted by molar-refractivity contribution is -0.00569. The van der Waals surface area contributed by atoms with Crippen molar-refractivity contribution in [3.8, 4) is 0 Å². The average Bonchev–Trinajstić information content (AvgIpc) is 2.31. The molecule has 12 heavy (non-hydrogen) atoms. The van der Waals surface area contributed by atoms with Crippen LogP contribution in [0, 0.1) is 0 Å². The van der Waals surface area contributed by atoms with E-state index in [4.69, 9.17) is 4.74 Å². The van der Waals surface area contributed by atoms with Crippen LogP contribution in [0.3, 0.4) is 0 Å². The van der Waals surface area contributed by atoms with Gasteiger partial charge < -0.3 is 9.84 Å². The van der Waals surface area contributed by atoms with Crippen LogP contribution in [-0.4, -0.2) is 16.3 Å². The Bertz CT molecular complexity index is 339. The van der Waals surface area contributed by atoms with E-state index in [-0.39, 0.29) is 17.8 Å². The highest BCUT2D eigenvalue weighted by Crippen LogP contribution is 2.25. The van der Waals surface area contributed by atoms with Gasteiger partial charge in [-0.3, -0.25) is 9.89 Å². The molecular formula is C8H12N2O2. The van der Waals surface area contributed by atoms with Gasteiger partial charge >= 0.3 is 0 Å². The summed E-state index contributed by atoms with van der Waals surface area (Å²) in [7, 11) is 0. The van der Waals surface area contributed by atoms with Gasteiger partial charge in [0.05, 0.1) is 17.8 Å². The van der Waals surface area contributed by atoms with E-state index in [1.54, 1.807) is 0 Å². The predicted octanol–water partition coefficient (Wildman–Crippen LogP) is 0.725. The lowest BCUT2D eigenvalue weighted by Crippen LogP contribution is -2.25. The van der Waals surface area contributed by atoms with Crippen molar-refractivity contribution in [2.45, 2.75) is 32.5 Å². The Labute approximate surface area is 69.9 Å². The van der Waals surface area contributed by atoms with Crippen LogP contribution in [0.4, 0.5) is 0 Å². The van der Waals surface area contributed by atoms with Crippen LogP contribution in [0.25, 0.3) is 0 Å². The normalized spacial score (nSPS) is 28.5. The van der Waals surface area contributed by atoms with Gasteiger partial charge in [-0.25, -0.2) is 0 Å². The number of H-pyrrole nitrogens is 2. The van der Waals surface area contributed by atoms with Crippen molar-refractivity contribution in [2.24, 2.45) is 0 Å². The average molecular weight is 168 g/mol. The van der Waals surface area contributed by atoms with E-state index in [1.165, 1.54) is 0 Å². The second-order valence-corrected chi connectivity index (χ2v) is 3.26. The smallest absolute Gasteiger partial charge is 0.269 e. The summed E-state index contributed by atoms with van der Waals surface area (Å²) in [5.74, 6) is 0. The Kier molecular flexibility index (Phi) is 1.58. The molecule has 1 aromatic rings. The Morgan fingerprint density at radius 3 is 2.92 bits per heavy atom. The molecule has 2 heterocycles. The fraction of sp³-hybridized carbons (Fsp3) is 0.625. The maximum absolute atomic E-state index is 11.2. The van der Waals surface area contributed by atoms with Gasteiger partial charge in [-0.05, 0) is 13.8 Å². The number of aromatic nitrogens is 2. The summed E-state index contributed by atoms with van der Waals surface area (Å²) in [5, 5.41) is 5.44. The summed E-state index contributed by atoms with van der Waals surface area (Å²) in [6, 6.07) is 0. The molecule has 66 valence electrons. The zero-order valence-corrected chi connectivity index (χ0v) is 7.18. The van der Waals surface area contributed by atoms with Crippen LogP contribution in [0.2, 0.25) is 0 Å². The van der Waals surface area contributed by atoms with Crippen molar-refractivity contribution in [3.63, 3.8) is 0 Å². The third-order valence-corrected chi connectivity index (χ3v) is 2.23. The molecule has 2 N–H and O–H groups in total. The number of fused-ring (bicyclic) bond motifs is 1. The fourth-order valence-corrected chi connectivity index (χ4v) is 1.75. The topological polar surface area (TPSA) is 57.9 Å². The Morgan fingerprint density at radius 1 is 1.42 bits per heavy atom. The van der Waals surface area contributed by atoms with Crippen molar-refractivity contribution in [3.05, 3.63) is 21.6 Å². The molecule has 0 fully saturated rings. The summed E-state index contributed by atoms with van der Waals surface area (Å²) < 4.78 is 5.51. The second kappa shape index (κ2) is 2.48. The highest BCUT2D eigenvalue weighted by molar-refractivity contribution is 5.21. The summed E-state index contributed by atoms with van der Waals surface area (Å²) in [6.07, 6.45) is 0.899. The van der Waals surface area contributed by atoms with Crippen LogP contribution in [0.15, 0.2) is 4.79 Å². The van der Waals surface area contributed by atoms with E-state index in [2.05, 4.69) is 10.2 Å². The first kappa shape index (κ1) is 7.61. The third-order valence-electron chi connectivity index (χ3n) is 2.23. The van der Waals surface area contributed by atoms with Gasteiger partial charge in [0.2, 0.25) is 0 Å². The van der Waals surface area contributed by atoms with Crippen LogP contribution >= 0.6 is 0 Å². The fourth-order valence-electron chi connectivity index (χ4n) is 1.75. The Morgan fingerprint density at radius 2 is 2.17 bits per heavy atom. The molecule has 0 radical (unpaired) electrons. The lowest BCUT2D eigenvalue weighted by Gasteiger charge is -2.23. The molecule has 2 atom stereocenters. The Hall–Kier alpha value is -1.03. The van der Waals surface area contributed by atoms with E-state index >= 15 is 0 Å². The van der Waals surface area contributed by atoms with Gasteiger partial charge in [0.1, 0.15) is 0 Å². The molecule has 0 spiro atoms. The van der Waals surface area contributed by atoms with Gasteiger partial charge in [-0.2, -0.15) is 0 Å². The first-order chi connectivity index (χ1) is 5.68. The van der Waals surface area contributed by atoms with Crippen molar-refractivity contribution >= 4 is 0 Å². The number of ether oxygens (including phenoxy) is 1. The quantitative estimate of drug-likeness (QED) is 0.599. The summed E-state index contributed by atoms with van der Waals surface area (Å²) in [5.41, 5.74) is 1.70. The number of hydrogen-bond donors (Lipinski definition) is 2. The maximum atomic E-state index is 11.2. The molecule has 4 nitrogen and oxygen atoms in total. The standard InChI is InChI=1S/C8H12N2O2/c1-4-3-6-7(5(2)12-4)8(11)10-9-6/h4-5H,3H2,1-2H3,(H2,9,10,11)/t4-,5+/m1/s1. The van der Waals surface area contributed by atoms with E-state index in [0.717, 1.165) is 17.7 Å². The predicted molar refractivity (Wildman–Crippen MR) is 44.1 cm³/mol. The van der Waals surface area contributed by atoms with E-state index in [9.17, 15) is 4.79 Å². The van der Waals surface area contributed by atoms with Gasteiger partial charge in [0, 0.05) is 12.1 Å². The van der Waals surface area contributed by atoms with Crippen molar-refractivity contribution < 1.29 is 4.74 Å². The first-order valence-corrected chi connectivity index (χ1v) is 4.13. The molecule has 1 aromatic heterocycles. The molecule has 4 heteroatoms. The van der Waals surface area contributed by atoms with E-state index in [1.807, 2.05) is 13.8 Å². The second-order valence-electron chi connectivity index (χ2n) is 3.26. The molecule has 1 aliphatic rings. The van der Waals surface area contributed by atoms with Crippen molar-refractivity contribution in [1.82, 2.24) is 10.2 Å². The lowest BCUT2D eigenvalue weighted by atomic mass is 10.0. The third kappa shape index (κ3) is 0.992. The highest BCUT2D eigenvalue weighted by atomic mass is 16.5. The highest BCUT2D eigenvalue weighted by Gasteiger charge is 2.25. The van der Waals surface area contributed by atoms with Gasteiger partial charge in [0.25, 0.3) is 5.56 Å². The minimum absolute atomic E-state index is 0.0515. The first-order valence-electron chi connectivity index (χ1n) is 4.13. The molecule has 0 amide bonds. The molecule has 2 rings (SSSR count). The largest absolute Gasteiger partial charge is 0.370 e. The molecule has 0 saturated carbocycles. The number of hydrogen-bond acceptors (Lipinski definition) is 2. The van der Waals surface area contributed by atoms with E-state index < -0.39 is 0 Å². The van der Waals surface area contributed by atoms with Crippen molar-refractivity contribution in [2.75, 3.05) is 0 Å². The van der Waals surface area contributed by atoms with Gasteiger partial charge in [-0.1, -0.05) is 0 Å². The minimum Gasteiger partial charge on any atom is -0.370 e. The summed E-state index contributed by atoms with van der Waals surface area (Å²) in [6.45, 7) is 3.91. The van der Waals surface area contributed by atoms with Crippen molar-refractivity contribution in [1.29, 1.82) is 0 Å². The molecule has 0 saturated heterocycles. The van der Waals surface area contributed by atoms with Crippen LogP contribution in [0.1, 0.15) is 31.2 Å². The molecule has 0 bridgehead atoms. The summed E-state index contributed by atoms with van der Waals surface area (Å²) >= 11 is 0. The number of nitrogens with one attached hydrogen (secondary N) is 2. The molecule has 0 aromatic carbocycles.